The highest BCUT2D eigenvalue weighted by Crippen LogP contribution is 2.35. The number of allylic oxidation sites excluding steroid dienone is 4. The van der Waals surface area contributed by atoms with Crippen LogP contribution in [-0.2, 0) is 15.7 Å². The predicted octanol–water partition coefficient (Wildman–Crippen LogP) is 3.73. The highest BCUT2D eigenvalue weighted by atomic mass is 35.5. The van der Waals surface area contributed by atoms with Crippen LogP contribution in [0.4, 0.5) is 23.2 Å². The minimum atomic E-state index is -4.86. The first kappa shape index (κ1) is 26.8. The molecule has 11 heteroatoms. The van der Waals surface area contributed by atoms with Crippen molar-refractivity contribution in [1.82, 2.24) is 14.7 Å². The van der Waals surface area contributed by atoms with Crippen LogP contribution >= 0.6 is 11.6 Å². The van der Waals surface area contributed by atoms with Crippen LogP contribution in [-0.4, -0.2) is 73.0 Å². The molecule has 0 spiro atoms. The van der Waals surface area contributed by atoms with Gasteiger partial charge >= 0.3 is 6.18 Å². The second-order valence-corrected chi connectivity index (χ2v) is 9.10. The normalized spacial score (nSPS) is 21.2. The van der Waals surface area contributed by atoms with E-state index in [2.05, 4.69) is 11.6 Å². The van der Waals surface area contributed by atoms with E-state index in [0.717, 1.165) is 0 Å². The molecule has 6 nitrogen and oxygen atoms in total. The quantitative estimate of drug-likeness (QED) is 0.423. The number of nitrogens with zero attached hydrogens (tertiary/aromatic N) is 4. The number of carbonyl (C=O) groups excluding carboxylic acids is 1. The first-order valence-corrected chi connectivity index (χ1v) is 12.2. The second kappa shape index (κ2) is 10.6. The van der Waals surface area contributed by atoms with E-state index in [9.17, 15) is 22.4 Å². The largest absolute Gasteiger partial charge is 0.496 e. The third-order valence-corrected chi connectivity index (χ3v) is 6.86. The van der Waals surface area contributed by atoms with Crippen molar-refractivity contribution >= 4 is 40.9 Å². The maximum Gasteiger partial charge on any atom is 0.418 e. The van der Waals surface area contributed by atoms with Gasteiger partial charge in [0, 0.05) is 43.5 Å². The molecule has 0 radical (unpaired) electrons. The number of ether oxygens (including phenoxy) is 1. The Morgan fingerprint density at radius 1 is 1.30 bits per heavy atom. The monoisotopic (exact) mass is 538 g/mol. The van der Waals surface area contributed by atoms with Crippen molar-refractivity contribution in [3.8, 4) is 0 Å². The fourth-order valence-electron chi connectivity index (χ4n) is 4.80. The second-order valence-electron chi connectivity index (χ2n) is 8.72. The van der Waals surface area contributed by atoms with Gasteiger partial charge in [0.05, 0.1) is 34.9 Å². The number of benzene rings is 1. The van der Waals surface area contributed by atoms with Crippen molar-refractivity contribution in [3.63, 3.8) is 0 Å². The van der Waals surface area contributed by atoms with Crippen molar-refractivity contribution in [1.29, 1.82) is 0 Å². The zero-order chi connectivity index (χ0) is 26.9. The Morgan fingerprint density at radius 2 is 2.00 bits per heavy atom. The summed E-state index contributed by atoms with van der Waals surface area (Å²) >= 11 is 6.48. The maximum absolute atomic E-state index is 15.0. The van der Waals surface area contributed by atoms with Crippen molar-refractivity contribution in [2.75, 3.05) is 39.8 Å². The zero-order valence-electron chi connectivity index (χ0n) is 20.5. The summed E-state index contributed by atoms with van der Waals surface area (Å²) < 4.78 is 64.4. The molecule has 0 aromatic heterocycles. The van der Waals surface area contributed by atoms with Gasteiger partial charge in [-0.05, 0) is 30.7 Å². The van der Waals surface area contributed by atoms with Crippen LogP contribution in [0.1, 0.15) is 18.9 Å². The van der Waals surface area contributed by atoms with Crippen molar-refractivity contribution < 1.29 is 27.1 Å². The first-order valence-electron chi connectivity index (χ1n) is 11.8. The molecule has 1 fully saturated rings. The SMILES string of the molecule is C=CC(=O)N1CCN(C2=c3c(cc(=C4C(OC)=CC=CC4F)c(Cl)c3C(F)(F)F)N=CN2CCC)CC1. The zero-order valence-corrected chi connectivity index (χ0v) is 21.2. The molecule has 37 heavy (non-hydrogen) atoms. The van der Waals surface area contributed by atoms with Crippen LogP contribution in [0.5, 0.6) is 0 Å². The van der Waals surface area contributed by atoms with Gasteiger partial charge in [-0.3, -0.25) is 4.79 Å². The molecule has 2 aliphatic heterocycles. The molecule has 3 aliphatic rings. The van der Waals surface area contributed by atoms with E-state index in [0.29, 0.717) is 45.0 Å². The highest BCUT2D eigenvalue weighted by Gasteiger charge is 2.40. The number of fused-ring (bicyclic) bond motifs is 1. The van der Waals surface area contributed by atoms with Crippen LogP contribution in [0, 0.1) is 0 Å². The Labute approximate surface area is 217 Å². The fraction of sp³-hybridized carbons (Fsp3) is 0.385. The lowest BCUT2D eigenvalue weighted by molar-refractivity contribution is -0.138. The molecule has 1 atom stereocenters. The van der Waals surface area contributed by atoms with Crippen LogP contribution < -0.4 is 10.4 Å². The number of alkyl halides is 4. The average Bonchev–Trinajstić information content (AvgIpc) is 2.87. The molecular weight excluding hydrogens is 512 g/mol. The predicted molar refractivity (Wildman–Crippen MR) is 135 cm³/mol. The Bertz CT molecular complexity index is 1310. The highest BCUT2D eigenvalue weighted by molar-refractivity contribution is 6.32. The lowest BCUT2D eigenvalue weighted by atomic mass is 9.97. The minimum absolute atomic E-state index is 0.0309. The number of halogens is 5. The standard InChI is InChI=1S/C26H27ClF4N4O2/c1-4-9-35-15-32-18-14-16(21-17(28)7-6-8-19(21)37-3)24(27)23(26(29,30)31)22(18)25(35)34-12-10-33(11-13-34)20(36)5-2/h5-8,14-15,17H,2,4,9-13H2,1,3H3. The van der Waals surface area contributed by atoms with E-state index in [1.807, 2.05) is 11.8 Å². The Morgan fingerprint density at radius 3 is 2.59 bits per heavy atom. The smallest absolute Gasteiger partial charge is 0.418 e. The molecular formula is C26H27ClF4N4O2. The molecule has 1 saturated heterocycles. The van der Waals surface area contributed by atoms with Crippen LogP contribution in [0.25, 0.3) is 11.4 Å². The number of rotatable bonds is 5. The summed E-state index contributed by atoms with van der Waals surface area (Å²) in [4.78, 5) is 21.5. The minimum Gasteiger partial charge on any atom is -0.496 e. The molecule has 1 unspecified atom stereocenters. The van der Waals surface area contributed by atoms with Crippen LogP contribution in [0.3, 0.4) is 0 Å². The van der Waals surface area contributed by atoms with Crippen LogP contribution in [0.2, 0.25) is 5.02 Å². The summed E-state index contributed by atoms with van der Waals surface area (Å²) in [6, 6.07) is 1.39. The van der Waals surface area contributed by atoms with Gasteiger partial charge in [0.25, 0.3) is 0 Å². The molecule has 1 aromatic rings. The van der Waals surface area contributed by atoms with Gasteiger partial charge in [0.15, 0.2) is 0 Å². The van der Waals surface area contributed by atoms with Gasteiger partial charge in [-0.2, -0.15) is 13.2 Å². The summed E-state index contributed by atoms with van der Waals surface area (Å²) in [5.74, 6) is 0.168. The maximum atomic E-state index is 15.0. The van der Waals surface area contributed by atoms with Gasteiger partial charge in [-0.25, -0.2) is 9.38 Å². The molecule has 2 heterocycles. The summed E-state index contributed by atoms with van der Waals surface area (Å²) in [5.41, 5.74) is -1.14. The topological polar surface area (TPSA) is 48.4 Å². The summed E-state index contributed by atoms with van der Waals surface area (Å²) in [6.07, 6.45) is 0.928. The number of methoxy groups -OCH3 is 1. The molecule has 0 saturated carbocycles. The van der Waals surface area contributed by atoms with Crippen molar-refractivity contribution in [3.05, 3.63) is 63.7 Å². The third kappa shape index (κ3) is 4.99. The lowest BCUT2D eigenvalue weighted by Crippen LogP contribution is -2.52. The van der Waals surface area contributed by atoms with E-state index in [1.54, 1.807) is 9.80 Å². The van der Waals surface area contributed by atoms with Crippen molar-refractivity contribution in [2.45, 2.75) is 25.7 Å². The number of amides is 1. The molecule has 1 aliphatic carbocycles. The number of piperazine rings is 1. The van der Waals surface area contributed by atoms with Crippen molar-refractivity contribution in [2.24, 2.45) is 4.99 Å². The van der Waals surface area contributed by atoms with Gasteiger partial charge in [0.1, 0.15) is 17.8 Å². The van der Waals surface area contributed by atoms with Gasteiger partial charge in [0.2, 0.25) is 5.91 Å². The molecule has 0 N–H and O–H groups in total. The Kier molecular flexibility index (Phi) is 7.68. The number of hydrogen-bond acceptors (Lipinski definition) is 5. The van der Waals surface area contributed by atoms with Gasteiger partial charge in [-0.15, -0.1) is 0 Å². The summed E-state index contributed by atoms with van der Waals surface area (Å²) in [6.45, 7) is 7.10. The average molecular weight is 539 g/mol. The number of carbonyl (C=O) groups is 1. The Balaban J connectivity index is 2.03. The number of aliphatic imine (C=N–C) groups is 1. The van der Waals surface area contributed by atoms with E-state index >= 15 is 0 Å². The van der Waals surface area contributed by atoms with E-state index < -0.39 is 22.9 Å². The molecule has 1 aromatic carbocycles. The Hall–Kier alpha value is -3.27. The lowest BCUT2D eigenvalue weighted by Gasteiger charge is -2.41. The third-order valence-electron chi connectivity index (χ3n) is 6.47. The first-order chi connectivity index (χ1) is 17.6. The molecule has 1 amide bonds. The van der Waals surface area contributed by atoms with Gasteiger partial charge < -0.3 is 19.4 Å². The number of hydrogen-bond donors (Lipinski definition) is 0. The van der Waals surface area contributed by atoms with Gasteiger partial charge in [-0.1, -0.05) is 31.2 Å². The van der Waals surface area contributed by atoms with E-state index in [1.165, 1.54) is 43.8 Å². The van der Waals surface area contributed by atoms with E-state index in [4.69, 9.17) is 16.3 Å². The molecule has 0 bridgehead atoms. The van der Waals surface area contributed by atoms with Crippen LogP contribution in [0.15, 0.2) is 47.7 Å². The molecule has 198 valence electrons. The summed E-state index contributed by atoms with van der Waals surface area (Å²) in [7, 11) is 1.32. The van der Waals surface area contributed by atoms with E-state index in [-0.39, 0.29) is 33.4 Å². The summed E-state index contributed by atoms with van der Waals surface area (Å²) in [5, 5.41) is -0.904. The molecule has 4 rings (SSSR count). The fourth-order valence-corrected chi connectivity index (χ4v) is 5.16.